The average molecular weight is 213 g/mol. The molecule has 0 bridgehead atoms. The van der Waals surface area contributed by atoms with Gasteiger partial charge in [0, 0.05) is 19.5 Å². The second-order valence-corrected chi connectivity index (χ2v) is 4.31. The third-order valence-corrected chi connectivity index (χ3v) is 2.75. The maximum atomic E-state index is 11.8. The van der Waals surface area contributed by atoms with Crippen molar-refractivity contribution < 1.29 is 14.3 Å². The predicted octanol–water partition coefficient (Wildman–Crippen LogP) is 0.803. The fraction of sp³-hybridized carbons (Fsp3) is 0.909. The van der Waals surface area contributed by atoms with Crippen LogP contribution in [-0.2, 0) is 14.3 Å². The van der Waals surface area contributed by atoms with Crippen LogP contribution < -0.4 is 0 Å². The number of carbonyl (C=O) groups is 1. The minimum Gasteiger partial charge on any atom is -0.371 e. The normalized spacial score (nSPS) is 27.5. The Kier molecular flexibility index (Phi) is 3.59. The summed E-state index contributed by atoms with van der Waals surface area (Å²) in [5.74, 6) is 0.253. The Hall–Kier alpha value is -0.610. The number of amides is 1. The first-order valence-electron chi connectivity index (χ1n) is 5.80. The highest BCUT2D eigenvalue weighted by molar-refractivity contribution is 5.76. The fourth-order valence-corrected chi connectivity index (χ4v) is 1.60. The zero-order chi connectivity index (χ0) is 10.7. The predicted molar refractivity (Wildman–Crippen MR) is 55.6 cm³/mol. The van der Waals surface area contributed by atoms with Crippen LogP contribution in [0.2, 0.25) is 0 Å². The largest absolute Gasteiger partial charge is 0.371 e. The number of rotatable bonds is 7. The van der Waals surface area contributed by atoms with Crippen LogP contribution in [0, 0.1) is 0 Å². The van der Waals surface area contributed by atoms with Crippen LogP contribution >= 0.6 is 0 Å². The molecular weight excluding hydrogens is 194 g/mol. The number of ether oxygens (including phenoxy) is 2. The molecule has 2 unspecified atom stereocenters. The molecule has 0 radical (unpaired) electrons. The lowest BCUT2D eigenvalue weighted by Gasteiger charge is -2.20. The highest BCUT2D eigenvalue weighted by atomic mass is 16.6. The molecule has 0 saturated carbocycles. The van der Waals surface area contributed by atoms with E-state index in [-0.39, 0.29) is 18.1 Å². The van der Waals surface area contributed by atoms with Gasteiger partial charge in [-0.1, -0.05) is 13.3 Å². The van der Waals surface area contributed by atoms with E-state index in [2.05, 4.69) is 6.92 Å². The highest BCUT2D eigenvalue weighted by Crippen LogP contribution is 2.17. The van der Waals surface area contributed by atoms with Crippen LogP contribution in [0.15, 0.2) is 0 Å². The Bertz CT molecular complexity index is 210. The summed E-state index contributed by atoms with van der Waals surface area (Å²) in [5, 5.41) is 0. The summed E-state index contributed by atoms with van der Waals surface area (Å²) in [7, 11) is 0. The zero-order valence-corrected chi connectivity index (χ0v) is 9.28. The molecule has 86 valence electrons. The first-order chi connectivity index (χ1) is 7.29. The van der Waals surface area contributed by atoms with Gasteiger partial charge in [-0.05, 0) is 6.42 Å². The summed E-state index contributed by atoms with van der Waals surface area (Å²) in [4.78, 5) is 13.8. The van der Waals surface area contributed by atoms with E-state index >= 15 is 0 Å². The van der Waals surface area contributed by atoms with Gasteiger partial charge in [-0.2, -0.15) is 0 Å². The first kappa shape index (κ1) is 10.9. The molecule has 2 heterocycles. The van der Waals surface area contributed by atoms with Crippen LogP contribution in [0.25, 0.3) is 0 Å². The molecule has 0 N–H and O–H groups in total. The lowest BCUT2D eigenvalue weighted by atomic mass is 10.2. The second kappa shape index (κ2) is 4.94. The number of hydrogen-bond acceptors (Lipinski definition) is 3. The lowest BCUT2D eigenvalue weighted by Crippen LogP contribution is -2.37. The van der Waals surface area contributed by atoms with Crippen LogP contribution in [-0.4, -0.2) is 49.3 Å². The van der Waals surface area contributed by atoms with E-state index in [0.717, 1.165) is 39.1 Å². The van der Waals surface area contributed by atoms with Crippen molar-refractivity contribution in [1.82, 2.24) is 4.90 Å². The van der Waals surface area contributed by atoms with E-state index in [0.29, 0.717) is 6.42 Å². The highest BCUT2D eigenvalue weighted by Gasteiger charge is 2.32. The molecular formula is C11H19NO3. The molecule has 2 fully saturated rings. The second-order valence-electron chi connectivity index (χ2n) is 4.31. The van der Waals surface area contributed by atoms with E-state index in [4.69, 9.17) is 9.47 Å². The molecule has 0 spiro atoms. The number of nitrogens with zero attached hydrogens (tertiary/aromatic N) is 1. The molecule has 2 aliphatic heterocycles. The molecule has 1 amide bonds. The van der Waals surface area contributed by atoms with Gasteiger partial charge in [-0.15, -0.1) is 0 Å². The van der Waals surface area contributed by atoms with Crippen molar-refractivity contribution in [2.24, 2.45) is 0 Å². The smallest absolute Gasteiger partial charge is 0.222 e. The monoisotopic (exact) mass is 213 g/mol. The van der Waals surface area contributed by atoms with Gasteiger partial charge in [0.05, 0.1) is 25.4 Å². The number of carbonyl (C=O) groups excluding carboxylic acids is 1. The summed E-state index contributed by atoms with van der Waals surface area (Å²) in [6.07, 6.45) is 3.28. The standard InChI is InChI=1S/C11H19NO3/c1-2-3-4-11(13)12(5-9-7-14-9)6-10-8-15-10/h9-10H,2-8H2,1H3. The molecule has 0 aromatic rings. The van der Waals surface area contributed by atoms with Gasteiger partial charge < -0.3 is 14.4 Å². The minimum absolute atomic E-state index is 0.253. The summed E-state index contributed by atoms with van der Waals surface area (Å²) in [5.41, 5.74) is 0. The van der Waals surface area contributed by atoms with Gasteiger partial charge >= 0.3 is 0 Å². The Labute approximate surface area is 90.5 Å². The fourth-order valence-electron chi connectivity index (χ4n) is 1.60. The molecule has 0 aliphatic carbocycles. The minimum atomic E-state index is 0.253. The molecule has 4 heteroatoms. The van der Waals surface area contributed by atoms with Gasteiger partial charge in [-0.3, -0.25) is 4.79 Å². The van der Waals surface area contributed by atoms with E-state index in [1.165, 1.54) is 0 Å². The average Bonchev–Trinajstić information content (AvgIpc) is 3.06. The molecule has 0 aromatic carbocycles. The molecule has 0 aromatic heterocycles. The summed E-state index contributed by atoms with van der Waals surface area (Å²) in [6, 6.07) is 0. The van der Waals surface area contributed by atoms with Crippen LogP contribution in [0.3, 0.4) is 0 Å². The molecule has 2 saturated heterocycles. The van der Waals surface area contributed by atoms with Crippen LogP contribution in [0.5, 0.6) is 0 Å². The zero-order valence-electron chi connectivity index (χ0n) is 9.28. The van der Waals surface area contributed by atoms with Crippen molar-refractivity contribution in [3.63, 3.8) is 0 Å². The van der Waals surface area contributed by atoms with Gasteiger partial charge in [-0.25, -0.2) is 0 Å². The molecule has 15 heavy (non-hydrogen) atoms. The molecule has 2 aliphatic rings. The van der Waals surface area contributed by atoms with Crippen molar-refractivity contribution in [1.29, 1.82) is 0 Å². The molecule has 4 nitrogen and oxygen atoms in total. The SMILES string of the molecule is CCCCC(=O)N(CC1CO1)CC1CO1. The number of epoxide rings is 2. The van der Waals surface area contributed by atoms with Gasteiger partial charge in [0.1, 0.15) is 0 Å². The van der Waals surface area contributed by atoms with E-state index in [1.807, 2.05) is 4.90 Å². The summed E-state index contributed by atoms with van der Waals surface area (Å²) >= 11 is 0. The molecule has 2 rings (SSSR count). The van der Waals surface area contributed by atoms with E-state index in [1.54, 1.807) is 0 Å². The van der Waals surface area contributed by atoms with Crippen molar-refractivity contribution in [2.45, 2.75) is 38.4 Å². The van der Waals surface area contributed by atoms with Crippen molar-refractivity contribution >= 4 is 5.91 Å². The molecule has 2 atom stereocenters. The maximum Gasteiger partial charge on any atom is 0.222 e. The third-order valence-electron chi connectivity index (χ3n) is 2.75. The van der Waals surface area contributed by atoms with Crippen molar-refractivity contribution in [3.8, 4) is 0 Å². The van der Waals surface area contributed by atoms with E-state index in [9.17, 15) is 4.79 Å². The van der Waals surface area contributed by atoms with Crippen molar-refractivity contribution in [3.05, 3.63) is 0 Å². The van der Waals surface area contributed by atoms with E-state index < -0.39 is 0 Å². The Balaban J connectivity index is 1.75. The first-order valence-corrected chi connectivity index (χ1v) is 5.80. The number of unbranched alkanes of at least 4 members (excludes halogenated alkanes) is 1. The Morgan fingerprint density at radius 3 is 2.20 bits per heavy atom. The number of hydrogen-bond donors (Lipinski definition) is 0. The summed E-state index contributed by atoms with van der Waals surface area (Å²) in [6.45, 7) is 5.22. The van der Waals surface area contributed by atoms with Crippen LogP contribution in [0.4, 0.5) is 0 Å². The summed E-state index contributed by atoms with van der Waals surface area (Å²) < 4.78 is 10.3. The Morgan fingerprint density at radius 1 is 1.27 bits per heavy atom. The van der Waals surface area contributed by atoms with Gasteiger partial charge in [0.25, 0.3) is 0 Å². The lowest BCUT2D eigenvalue weighted by molar-refractivity contribution is -0.131. The Morgan fingerprint density at radius 2 is 1.80 bits per heavy atom. The van der Waals surface area contributed by atoms with Gasteiger partial charge in [0.2, 0.25) is 5.91 Å². The topological polar surface area (TPSA) is 45.4 Å². The quantitative estimate of drug-likeness (QED) is 0.588. The maximum absolute atomic E-state index is 11.8. The third kappa shape index (κ3) is 3.80. The van der Waals surface area contributed by atoms with Gasteiger partial charge in [0.15, 0.2) is 0 Å². The van der Waals surface area contributed by atoms with Crippen molar-refractivity contribution in [2.75, 3.05) is 26.3 Å². The van der Waals surface area contributed by atoms with Crippen LogP contribution in [0.1, 0.15) is 26.2 Å².